The Morgan fingerprint density at radius 2 is 1.10 bits per heavy atom. The van der Waals surface area contributed by atoms with E-state index < -0.39 is 58.8 Å². The van der Waals surface area contributed by atoms with Crippen LogP contribution in [-0.2, 0) is 23.7 Å². The second-order valence-electron chi connectivity index (χ2n) is 8.42. The minimum absolute atomic E-state index is 0.185. The van der Waals surface area contributed by atoms with Crippen LogP contribution in [0, 0.1) is 5.41 Å². The largest absolute Gasteiger partial charge is 0.459 e. The van der Waals surface area contributed by atoms with E-state index in [0.29, 0.717) is 0 Å². The molecule has 12 heteroatoms. The van der Waals surface area contributed by atoms with E-state index in [9.17, 15) is 14.4 Å². The number of rotatable bonds is 8. The molecule has 1 fully saturated rings. The molecular weight excluding hydrogens is 585 g/mol. The van der Waals surface area contributed by atoms with E-state index in [2.05, 4.69) is 0 Å². The molecule has 208 valence electrons. The lowest BCUT2D eigenvalue weighted by Gasteiger charge is -2.25. The summed E-state index contributed by atoms with van der Waals surface area (Å²) >= 11 is 17.3. The van der Waals surface area contributed by atoms with Gasteiger partial charge in [0.05, 0.1) is 16.7 Å². The lowest BCUT2D eigenvalue weighted by atomic mass is 10.1. The van der Waals surface area contributed by atoms with Gasteiger partial charge in [-0.1, -0.05) is 89.4 Å². The fraction of sp³-hybridized carbons (Fsp3) is 0.214. The number of carbonyl (C=O) groups is 3. The first kappa shape index (κ1) is 29.4. The van der Waals surface area contributed by atoms with Crippen LogP contribution in [0.1, 0.15) is 31.1 Å². The molecule has 0 spiro atoms. The van der Waals surface area contributed by atoms with E-state index in [1.165, 1.54) is 24.3 Å². The molecule has 9 nitrogen and oxygen atoms in total. The van der Waals surface area contributed by atoms with E-state index >= 15 is 0 Å². The third-order valence-corrected chi connectivity index (χ3v) is 6.17. The number of esters is 3. The average Bonchev–Trinajstić information content (AvgIpc) is 3.27. The Labute approximate surface area is 244 Å². The van der Waals surface area contributed by atoms with Gasteiger partial charge in [-0.15, -0.1) is 0 Å². The topological polar surface area (TPSA) is 121 Å². The molecule has 0 saturated carbocycles. The molecule has 0 bridgehead atoms. The van der Waals surface area contributed by atoms with Crippen molar-refractivity contribution in [3.05, 3.63) is 108 Å². The quantitative estimate of drug-likeness (QED) is 0.119. The molecule has 3 aromatic rings. The zero-order chi connectivity index (χ0) is 28.7. The van der Waals surface area contributed by atoms with Crippen LogP contribution in [0.5, 0.6) is 0 Å². The molecule has 0 amide bonds. The second kappa shape index (κ2) is 13.1. The van der Waals surface area contributed by atoms with Crippen LogP contribution >= 0.6 is 34.8 Å². The number of benzene rings is 3. The van der Waals surface area contributed by atoms with Crippen LogP contribution < -0.4 is 0 Å². The summed E-state index contributed by atoms with van der Waals surface area (Å²) in [6.07, 6.45) is -5.56. The van der Waals surface area contributed by atoms with Crippen molar-refractivity contribution in [3.63, 3.8) is 0 Å². The molecule has 0 aliphatic carbocycles. The van der Waals surface area contributed by atoms with Gasteiger partial charge in [-0.05, 0) is 36.4 Å². The summed E-state index contributed by atoms with van der Waals surface area (Å²) in [5, 5.41) is 8.00. The van der Waals surface area contributed by atoms with Gasteiger partial charge in [0.2, 0.25) is 18.3 Å². The zero-order valence-electron chi connectivity index (χ0n) is 20.6. The highest BCUT2D eigenvalue weighted by Gasteiger charge is 2.53. The van der Waals surface area contributed by atoms with Gasteiger partial charge in [0.25, 0.3) is 3.79 Å². The number of alkyl halides is 3. The first-order valence-corrected chi connectivity index (χ1v) is 13.0. The van der Waals surface area contributed by atoms with Crippen LogP contribution in [0.2, 0.25) is 0 Å². The highest BCUT2D eigenvalue weighted by atomic mass is 35.6. The van der Waals surface area contributed by atoms with Gasteiger partial charge >= 0.3 is 17.9 Å². The third-order valence-electron chi connectivity index (χ3n) is 5.65. The highest BCUT2D eigenvalue weighted by Crippen LogP contribution is 2.34. The number of ether oxygens (including phenoxy) is 5. The minimum atomic E-state index is -2.27. The maximum absolute atomic E-state index is 13.0. The Balaban J connectivity index is 1.63. The molecule has 1 saturated heterocycles. The Morgan fingerprint density at radius 1 is 0.675 bits per heavy atom. The predicted molar refractivity (Wildman–Crippen MR) is 146 cm³/mol. The molecule has 0 unspecified atom stereocenters. The predicted octanol–water partition coefficient (Wildman–Crippen LogP) is 5.38. The van der Waals surface area contributed by atoms with E-state index in [1.807, 2.05) is 0 Å². The first-order valence-electron chi connectivity index (χ1n) is 11.9. The molecule has 3 aromatic carbocycles. The molecule has 4 rings (SSSR count). The van der Waals surface area contributed by atoms with E-state index in [-0.39, 0.29) is 16.7 Å². The van der Waals surface area contributed by atoms with Crippen molar-refractivity contribution in [1.29, 1.82) is 5.41 Å². The monoisotopic (exact) mass is 605 g/mol. The summed E-state index contributed by atoms with van der Waals surface area (Å²) < 4.78 is 25.8. The van der Waals surface area contributed by atoms with E-state index in [4.69, 9.17) is 63.9 Å². The van der Waals surface area contributed by atoms with Crippen LogP contribution in [0.15, 0.2) is 91.0 Å². The summed E-state index contributed by atoms with van der Waals surface area (Å²) in [7, 11) is 0. The molecule has 0 radical (unpaired) electrons. The van der Waals surface area contributed by atoms with Crippen molar-refractivity contribution in [1.82, 2.24) is 0 Å². The number of nitrogens with one attached hydrogen (secondary N) is 1. The van der Waals surface area contributed by atoms with Crippen molar-refractivity contribution in [2.45, 2.75) is 28.4 Å². The molecule has 1 aliphatic heterocycles. The molecule has 1 N–H and O–H groups in total. The van der Waals surface area contributed by atoms with Gasteiger partial charge in [-0.25, -0.2) is 14.4 Å². The van der Waals surface area contributed by atoms with E-state index in [1.54, 1.807) is 66.7 Å². The van der Waals surface area contributed by atoms with Crippen LogP contribution in [0.4, 0.5) is 0 Å². The average molecular weight is 607 g/mol. The lowest BCUT2D eigenvalue weighted by molar-refractivity contribution is -0.128. The van der Waals surface area contributed by atoms with Gasteiger partial charge in [0.15, 0.2) is 6.10 Å². The van der Waals surface area contributed by atoms with Crippen molar-refractivity contribution in [3.8, 4) is 0 Å². The number of carbonyl (C=O) groups excluding carboxylic acids is 3. The molecule has 1 aliphatic rings. The fourth-order valence-corrected chi connectivity index (χ4v) is 3.85. The fourth-order valence-electron chi connectivity index (χ4n) is 3.72. The standard InChI is InChI=1S/C28H22Cl3NO8/c29-28(30,31)27(32)40-26-22(39-25(35)19-14-8-3-9-15-19)21(38-24(34)18-12-6-2-7-13-18)20(37-26)16-36-23(33)17-10-4-1-5-11-17/h1-15,20-22,26,32H,16H2/t20-,21-,22+,26-/m1/s1. The van der Waals surface area contributed by atoms with Crippen LogP contribution in [0.25, 0.3) is 0 Å². The van der Waals surface area contributed by atoms with Gasteiger partial charge in [0.1, 0.15) is 12.7 Å². The smallest absolute Gasteiger partial charge is 0.338 e. The Bertz CT molecular complexity index is 1340. The molecule has 40 heavy (non-hydrogen) atoms. The lowest BCUT2D eigenvalue weighted by Crippen LogP contribution is -2.43. The summed E-state index contributed by atoms with van der Waals surface area (Å²) in [5.41, 5.74) is 0.662. The number of halogens is 3. The summed E-state index contributed by atoms with van der Waals surface area (Å²) in [4.78, 5) is 38.6. The third kappa shape index (κ3) is 7.51. The Morgan fingerprint density at radius 3 is 1.55 bits per heavy atom. The van der Waals surface area contributed by atoms with Gasteiger partial charge in [-0.3, -0.25) is 5.41 Å². The first-order chi connectivity index (χ1) is 19.1. The summed E-state index contributed by atoms with van der Waals surface area (Å²) in [6.45, 7) is -0.430. The SMILES string of the molecule is N=C(O[C@H]1O[C@H](COC(=O)c2ccccc2)[C@@H](OC(=O)c2ccccc2)[C@@H]1OC(=O)c1ccccc1)C(Cl)(Cl)Cl. The molecular formula is C28H22Cl3NO8. The van der Waals surface area contributed by atoms with Crippen molar-refractivity contribution in [2.75, 3.05) is 6.61 Å². The van der Waals surface area contributed by atoms with Gasteiger partial charge in [0, 0.05) is 0 Å². The minimum Gasteiger partial charge on any atom is -0.459 e. The van der Waals surface area contributed by atoms with Crippen LogP contribution in [-0.4, -0.2) is 58.8 Å². The maximum Gasteiger partial charge on any atom is 0.338 e. The van der Waals surface area contributed by atoms with Gasteiger partial charge < -0.3 is 23.7 Å². The zero-order valence-corrected chi connectivity index (χ0v) is 22.8. The Kier molecular flexibility index (Phi) is 9.65. The molecule has 0 aromatic heterocycles. The Hall–Kier alpha value is -3.63. The number of hydrogen-bond donors (Lipinski definition) is 1. The normalized spacial score (nSPS) is 20.3. The van der Waals surface area contributed by atoms with Crippen molar-refractivity contribution < 1.29 is 38.1 Å². The van der Waals surface area contributed by atoms with Gasteiger partial charge in [-0.2, -0.15) is 0 Å². The summed E-state index contributed by atoms with van der Waals surface area (Å²) in [6, 6.07) is 24.3. The maximum atomic E-state index is 13.0. The second-order valence-corrected chi connectivity index (χ2v) is 10.7. The molecule has 1 heterocycles. The van der Waals surface area contributed by atoms with Crippen molar-refractivity contribution >= 4 is 58.6 Å². The van der Waals surface area contributed by atoms with E-state index in [0.717, 1.165) is 0 Å². The number of hydrogen-bond acceptors (Lipinski definition) is 9. The van der Waals surface area contributed by atoms with Crippen LogP contribution in [0.3, 0.4) is 0 Å². The molecule has 4 atom stereocenters. The highest BCUT2D eigenvalue weighted by molar-refractivity contribution is 6.76. The summed E-state index contributed by atoms with van der Waals surface area (Å²) in [5.74, 6) is -3.08. The van der Waals surface area contributed by atoms with Crippen molar-refractivity contribution in [2.24, 2.45) is 0 Å².